The third kappa shape index (κ3) is 7.62. The number of anilines is 1. The highest BCUT2D eigenvalue weighted by molar-refractivity contribution is 8.04. The Hall–Kier alpha value is -2.93. The first-order valence-electron chi connectivity index (χ1n) is 14.3. The van der Waals surface area contributed by atoms with Crippen LogP contribution in [0.4, 0.5) is 5.69 Å². The van der Waals surface area contributed by atoms with Crippen molar-refractivity contribution in [1.82, 2.24) is 0 Å². The molecule has 1 heterocycles. The number of carbonyl (C=O) groups is 2. The van der Waals surface area contributed by atoms with Crippen molar-refractivity contribution in [3.8, 4) is 5.75 Å². The van der Waals surface area contributed by atoms with E-state index >= 15 is 0 Å². The zero-order valence-corrected chi connectivity index (χ0v) is 25.6. The Balaban J connectivity index is 0.00000141. The fourth-order valence-corrected chi connectivity index (χ4v) is 7.04. The number of benzene rings is 2. The van der Waals surface area contributed by atoms with Crippen LogP contribution < -0.4 is 5.32 Å². The summed E-state index contributed by atoms with van der Waals surface area (Å²) < 4.78 is 6.38. The molecule has 3 N–H and O–H groups in total. The fourth-order valence-electron chi connectivity index (χ4n) is 5.80. The first kappa shape index (κ1) is 31.6. The van der Waals surface area contributed by atoms with Crippen molar-refractivity contribution >= 4 is 29.7 Å². The Morgan fingerprint density at radius 1 is 1.10 bits per heavy atom. The number of ether oxygens (including phenoxy) is 1. The maximum Gasteiger partial charge on any atom is 0.349 e. The Bertz CT molecular complexity index is 1210. The molecule has 0 bridgehead atoms. The molecular weight excluding hydrogens is 522 g/mol. The lowest BCUT2D eigenvalue weighted by Gasteiger charge is -2.44. The number of aliphatic hydroxyl groups excluding tert-OH is 1. The molecule has 0 spiro atoms. The number of esters is 1. The maximum absolute atomic E-state index is 13.6. The zero-order valence-electron chi connectivity index (χ0n) is 24.8. The lowest BCUT2D eigenvalue weighted by Crippen LogP contribution is -2.47. The van der Waals surface area contributed by atoms with Crippen LogP contribution in [0.15, 0.2) is 52.0 Å². The molecule has 2 aliphatic rings. The number of rotatable bonds is 7. The Kier molecular flexibility index (Phi) is 10.8. The van der Waals surface area contributed by atoms with Crippen molar-refractivity contribution in [3.63, 3.8) is 0 Å². The van der Waals surface area contributed by atoms with Crippen LogP contribution in [-0.2, 0) is 26.2 Å². The number of nitrogens with one attached hydrogen (secondary N) is 1. The number of hydrogen-bond acceptors (Lipinski definition) is 7. The molecule has 0 aromatic heterocycles. The van der Waals surface area contributed by atoms with Crippen molar-refractivity contribution in [2.24, 2.45) is 5.92 Å². The van der Waals surface area contributed by atoms with Crippen LogP contribution in [0.3, 0.4) is 0 Å². The number of aldehydes is 1. The summed E-state index contributed by atoms with van der Waals surface area (Å²) in [4.78, 5) is 23.7. The van der Waals surface area contributed by atoms with Gasteiger partial charge in [-0.3, -0.25) is 0 Å². The second kappa shape index (κ2) is 13.6. The molecule has 6 nitrogen and oxygen atoms in total. The van der Waals surface area contributed by atoms with Crippen molar-refractivity contribution in [2.75, 3.05) is 12.4 Å². The van der Waals surface area contributed by atoms with Crippen LogP contribution in [-0.4, -0.2) is 35.1 Å². The van der Waals surface area contributed by atoms with Gasteiger partial charge in [0.25, 0.3) is 0 Å². The minimum absolute atomic E-state index is 0.133. The highest BCUT2D eigenvalue weighted by atomic mass is 32.2. The highest BCUT2D eigenvalue weighted by Gasteiger charge is 2.47. The van der Waals surface area contributed by atoms with Crippen molar-refractivity contribution in [2.45, 2.75) is 102 Å². The number of carbonyl (C=O) groups excluding carboxylic acids is 2. The van der Waals surface area contributed by atoms with Gasteiger partial charge < -0.3 is 25.1 Å². The Morgan fingerprint density at radius 3 is 2.27 bits per heavy atom. The molecule has 0 amide bonds. The van der Waals surface area contributed by atoms with Crippen molar-refractivity contribution in [1.29, 1.82) is 0 Å². The van der Waals surface area contributed by atoms with Crippen molar-refractivity contribution < 1.29 is 24.5 Å². The molecule has 2 aromatic carbocycles. The molecule has 0 radical (unpaired) electrons. The van der Waals surface area contributed by atoms with E-state index in [-0.39, 0.29) is 22.8 Å². The van der Waals surface area contributed by atoms with Gasteiger partial charge >= 0.3 is 5.97 Å². The first-order valence-corrected chi connectivity index (χ1v) is 15.1. The van der Waals surface area contributed by atoms with Gasteiger partial charge in [0.05, 0.1) is 0 Å². The van der Waals surface area contributed by atoms with E-state index in [4.69, 9.17) is 9.53 Å². The fraction of sp³-hybridized carbons (Fsp3) is 0.515. The molecule has 1 aliphatic heterocycles. The molecule has 1 saturated carbocycles. The topological polar surface area (TPSA) is 95.9 Å². The van der Waals surface area contributed by atoms with E-state index in [1.54, 1.807) is 12.1 Å². The summed E-state index contributed by atoms with van der Waals surface area (Å²) in [6, 6.07) is 11.4. The number of aryl methyl sites for hydroxylation is 2. The van der Waals surface area contributed by atoms with Crippen LogP contribution in [0.5, 0.6) is 5.75 Å². The zero-order chi connectivity index (χ0) is 29.5. The van der Waals surface area contributed by atoms with Crippen LogP contribution >= 0.6 is 11.8 Å². The molecule has 1 fully saturated rings. The second-order valence-electron chi connectivity index (χ2n) is 11.9. The lowest BCUT2D eigenvalue weighted by molar-refractivity contribution is -0.168. The Labute approximate surface area is 243 Å². The molecule has 40 heavy (non-hydrogen) atoms. The maximum atomic E-state index is 13.6. The van der Waals surface area contributed by atoms with Gasteiger partial charge in [-0.2, -0.15) is 0 Å². The van der Waals surface area contributed by atoms with Crippen LogP contribution in [0.1, 0.15) is 89.3 Å². The standard InChI is InChI=1S/C31H41NO4S.C2H4O/c1-20-17-27(24(30(2,3)4)18-25(20)32-5)37-28-26(34)19-31(36-29(28)35,22-9-7-6-8-10-22)16-15-21-11-13-23(33)14-12-21;1-2-3/h11-14,17-18,22,32-34H,6-10,15-16,19H2,1-5H3;2H,1H3. The van der Waals surface area contributed by atoms with Gasteiger partial charge in [-0.25, -0.2) is 4.79 Å². The minimum Gasteiger partial charge on any atom is -0.511 e. The number of phenols is 1. The number of hydrogen-bond donors (Lipinski definition) is 3. The van der Waals surface area contributed by atoms with Crippen LogP contribution in [0.2, 0.25) is 0 Å². The molecule has 4 rings (SSSR count). The predicted octanol–water partition coefficient (Wildman–Crippen LogP) is 8.01. The van der Waals surface area contributed by atoms with Gasteiger partial charge in [0.2, 0.25) is 0 Å². The number of aliphatic hydroxyl groups is 1. The van der Waals surface area contributed by atoms with Gasteiger partial charge in [-0.05, 0) is 91.8 Å². The van der Waals surface area contributed by atoms with Gasteiger partial charge in [-0.15, -0.1) is 0 Å². The summed E-state index contributed by atoms with van der Waals surface area (Å²) >= 11 is 1.33. The number of thioether (sulfide) groups is 1. The Morgan fingerprint density at radius 2 is 1.73 bits per heavy atom. The normalized spacial score (nSPS) is 19.9. The molecule has 1 atom stereocenters. The van der Waals surface area contributed by atoms with Crippen molar-refractivity contribution in [3.05, 3.63) is 63.8 Å². The van der Waals surface area contributed by atoms with E-state index in [2.05, 4.69) is 38.2 Å². The largest absolute Gasteiger partial charge is 0.511 e. The van der Waals surface area contributed by atoms with E-state index in [9.17, 15) is 15.0 Å². The summed E-state index contributed by atoms with van der Waals surface area (Å²) in [5.74, 6) is 0.205. The second-order valence-corrected chi connectivity index (χ2v) is 13.0. The molecule has 218 valence electrons. The smallest absolute Gasteiger partial charge is 0.349 e. The van der Waals surface area contributed by atoms with E-state index in [1.165, 1.54) is 25.1 Å². The molecule has 2 aromatic rings. The summed E-state index contributed by atoms with van der Waals surface area (Å²) in [5.41, 5.74) is 3.52. The summed E-state index contributed by atoms with van der Waals surface area (Å²) in [6.45, 7) is 9.97. The third-order valence-electron chi connectivity index (χ3n) is 7.95. The van der Waals surface area contributed by atoms with E-state index in [0.717, 1.165) is 65.7 Å². The predicted molar refractivity (Wildman–Crippen MR) is 163 cm³/mol. The van der Waals surface area contributed by atoms with Crippen LogP contribution in [0.25, 0.3) is 0 Å². The number of cyclic esters (lactones) is 1. The summed E-state index contributed by atoms with van der Waals surface area (Å²) in [5, 5.41) is 24.3. The molecule has 7 heteroatoms. The third-order valence-corrected chi connectivity index (χ3v) is 9.11. The minimum atomic E-state index is -0.706. The van der Waals surface area contributed by atoms with E-state index in [1.807, 2.05) is 26.1 Å². The monoisotopic (exact) mass is 567 g/mol. The molecule has 1 aliphatic carbocycles. The lowest BCUT2D eigenvalue weighted by atomic mass is 9.71. The highest BCUT2D eigenvalue weighted by Crippen LogP contribution is 2.48. The van der Waals surface area contributed by atoms with E-state index < -0.39 is 11.6 Å². The molecular formula is C33H45NO5S. The average molecular weight is 568 g/mol. The van der Waals surface area contributed by atoms with Crippen LogP contribution in [0, 0.1) is 12.8 Å². The SMILES string of the molecule is CC=O.CNc1cc(C(C)(C)C)c(SC2=C(O)CC(CCc3ccc(O)cc3)(C3CCCCC3)OC2=O)cc1C. The van der Waals surface area contributed by atoms with E-state index in [0.29, 0.717) is 17.7 Å². The van der Waals surface area contributed by atoms with Gasteiger partial charge in [0.15, 0.2) is 0 Å². The first-order chi connectivity index (χ1) is 18.9. The van der Waals surface area contributed by atoms with Gasteiger partial charge in [0, 0.05) is 24.1 Å². The quantitative estimate of drug-likeness (QED) is 0.230. The summed E-state index contributed by atoms with van der Waals surface area (Å²) in [6.07, 6.45) is 7.96. The molecule has 0 saturated heterocycles. The number of aromatic hydroxyl groups is 1. The number of phenolic OH excluding ortho intramolecular Hbond substituents is 1. The van der Waals surface area contributed by atoms with Gasteiger partial charge in [-0.1, -0.05) is 63.9 Å². The summed E-state index contributed by atoms with van der Waals surface area (Å²) in [7, 11) is 1.91. The van der Waals surface area contributed by atoms with Gasteiger partial charge in [0.1, 0.15) is 28.3 Å². The average Bonchev–Trinajstić information content (AvgIpc) is 2.91. The molecule has 1 unspecified atom stereocenters.